The highest BCUT2D eigenvalue weighted by Crippen LogP contribution is 2.28. The fourth-order valence-corrected chi connectivity index (χ4v) is 6.13. The summed E-state index contributed by atoms with van der Waals surface area (Å²) in [6.45, 7) is 8.05. The highest BCUT2D eigenvalue weighted by atomic mass is 79.9. The van der Waals surface area contributed by atoms with Crippen LogP contribution < -0.4 is 10.6 Å². The molecule has 40 heavy (non-hydrogen) atoms. The number of carbonyl (C=O) groups excluding carboxylic acids is 3. The minimum Gasteiger partial charge on any atom is -0.391 e. The van der Waals surface area contributed by atoms with Crippen molar-refractivity contribution in [2.45, 2.75) is 97.4 Å². The Morgan fingerprint density at radius 2 is 1.80 bits per heavy atom. The van der Waals surface area contributed by atoms with Gasteiger partial charge in [0.25, 0.3) is 0 Å². The number of nitrogens with zero attached hydrogens (tertiary/aromatic N) is 2. The van der Waals surface area contributed by atoms with Gasteiger partial charge in [-0.05, 0) is 36.3 Å². The SMILES string of the molecule is Cc1ncsc1-c1ccc(CNC(=O)[C@@H]2C[C@@H](O)CN2C(=O)[C@@H](NC(=O)CCCCCCCBr)C(C)(C)C)cc1. The van der Waals surface area contributed by atoms with Gasteiger partial charge in [-0.25, -0.2) is 4.98 Å². The number of likely N-dealkylation sites (tertiary alicyclic amines) is 1. The lowest BCUT2D eigenvalue weighted by atomic mass is 9.85. The summed E-state index contributed by atoms with van der Waals surface area (Å²) in [5.41, 5.74) is 4.26. The number of halogens is 1. The molecule has 3 N–H and O–H groups in total. The molecule has 1 aromatic heterocycles. The van der Waals surface area contributed by atoms with Crippen LogP contribution in [0, 0.1) is 12.3 Å². The van der Waals surface area contributed by atoms with Crippen LogP contribution in [0.1, 0.15) is 77.0 Å². The molecule has 0 saturated carbocycles. The summed E-state index contributed by atoms with van der Waals surface area (Å²) in [6.07, 6.45) is 4.83. The van der Waals surface area contributed by atoms with Gasteiger partial charge in [0.1, 0.15) is 12.1 Å². The number of aliphatic hydroxyl groups excluding tert-OH is 1. The summed E-state index contributed by atoms with van der Waals surface area (Å²) in [5.74, 6) is -0.805. The third kappa shape index (κ3) is 9.11. The molecular formula is C30H43BrN4O4S. The highest BCUT2D eigenvalue weighted by molar-refractivity contribution is 9.09. The van der Waals surface area contributed by atoms with Gasteiger partial charge in [0, 0.05) is 31.3 Å². The second kappa shape index (κ2) is 15.1. The number of aliphatic hydroxyl groups is 1. The van der Waals surface area contributed by atoms with Crippen molar-refractivity contribution in [3.05, 3.63) is 41.0 Å². The van der Waals surface area contributed by atoms with Crippen LogP contribution in [0.3, 0.4) is 0 Å². The number of hydrogen-bond acceptors (Lipinski definition) is 6. The summed E-state index contributed by atoms with van der Waals surface area (Å²) in [4.78, 5) is 46.5. The quantitative estimate of drug-likeness (QED) is 0.213. The molecule has 0 spiro atoms. The Hall–Kier alpha value is -2.30. The van der Waals surface area contributed by atoms with Crippen molar-refractivity contribution < 1.29 is 19.5 Å². The average Bonchev–Trinajstić information content (AvgIpc) is 3.52. The number of rotatable bonds is 13. The number of benzene rings is 1. The van der Waals surface area contributed by atoms with E-state index in [2.05, 4.69) is 31.5 Å². The molecule has 1 aliphatic heterocycles. The normalized spacial score (nSPS) is 18.0. The third-order valence-electron chi connectivity index (χ3n) is 7.25. The Labute approximate surface area is 250 Å². The molecule has 10 heteroatoms. The van der Waals surface area contributed by atoms with Crippen molar-refractivity contribution in [2.75, 3.05) is 11.9 Å². The number of thiazole rings is 1. The van der Waals surface area contributed by atoms with Gasteiger partial charge in [-0.3, -0.25) is 14.4 Å². The molecule has 0 radical (unpaired) electrons. The van der Waals surface area contributed by atoms with E-state index in [0.717, 1.165) is 59.1 Å². The fourth-order valence-electron chi connectivity index (χ4n) is 4.92. The lowest BCUT2D eigenvalue weighted by Gasteiger charge is -2.35. The van der Waals surface area contributed by atoms with Gasteiger partial charge in [-0.2, -0.15) is 0 Å². The lowest BCUT2D eigenvalue weighted by molar-refractivity contribution is -0.144. The van der Waals surface area contributed by atoms with Crippen molar-refractivity contribution in [1.82, 2.24) is 20.5 Å². The van der Waals surface area contributed by atoms with E-state index in [1.165, 1.54) is 4.90 Å². The number of alkyl halides is 1. The van der Waals surface area contributed by atoms with Crippen molar-refractivity contribution in [1.29, 1.82) is 0 Å². The number of nitrogens with one attached hydrogen (secondary N) is 2. The summed E-state index contributed by atoms with van der Waals surface area (Å²) in [7, 11) is 0. The maximum atomic E-state index is 13.7. The minimum absolute atomic E-state index is 0.0653. The van der Waals surface area contributed by atoms with Crippen molar-refractivity contribution in [3.63, 3.8) is 0 Å². The molecule has 1 aliphatic rings. The highest BCUT2D eigenvalue weighted by Gasteiger charge is 2.44. The van der Waals surface area contributed by atoms with E-state index in [1.807, 2.05) is 57.5 Å². The minimum atomic E-state index is -0.795. The Bertz CT molecular complexity index is 1130. The van der Waals surface area contributed by atoms with Crippen LogP contribution in [0.4, 0.5) is 0 Å². The summed E-state index contributed by atoms with van der Waals surface area (Å²) in [6, 6.07) is 6.37. The molecule has 3 rings (SSSR count). The van der Waals surface area contributed by atoms with Gasteiger partial charge in [0.05, 0.1) is 22.2 Å². The predicted molar refractivity (Wildman–Crippen MR) is 163 cm³/mol. The third-order valence-corrected chi connectivity index (χ3v) is 8.79. The van der Waals surface area contributed by atoms with Gasteiger partial charge in [-0.15, -0.1) is 11.3 Å². The number of β-amino-alcohol motifs (C(OH)–C–C–N with tert-alkyl or cyclic N) is 1. The number of aromatic nitrogens is 1. The first kappa shape index (κ1) is 32.2. The maximum Gasteiger partial charge on any atom is 0.246 e. The zero-order chi connectivity index (χ0) is 29.3. The molecule has 1 saturated heterocycles. The molecule has 3 atom stereocenters. The van der Waals surface area contributed by atoms with Crippen LogP contribution in [-0.4, -0.2) is 62.8 Å². The standard InChI is InChI=1S/C30H43BrN4O4S/c1-20-26(40-19-33-20)22-13-11-21(12-14-22)17-32-28(38)24-16-23(36)18-35(24)29(39)27(30(2,3)4)34-25(37)10-8-6-5-7-9-15-31/h11-14,19,23-24,27,36H,5-10,15-18H2,1-4H3,(H,32,38)(H,34,37)/t23-,24+,27-/m1/s1. The van der Waals surface area contributed by atoms with Crippen LogP contribution in [0.15, 0.2) is 29.8 Å². The topological polar surface area (TPSA) is 112 Å². The zero-order valence-corrected chi connectivity index (χ0v) is 26.4. The van der Waals surface area contributed by atoms with E-state index < -0.39 is 23.6 Å². The van der Waals surface area contributed by atoms with Crippen LogP contribution in [0.2, 0.25) is 0 Å². The van der Waals surface area contributed by atoms with Gasteiger partial charge < -0.3 is 20.6 Å². The first-order valence-corrected chi connectivity index (χ1v) is 16.1. The molecule has 0 unspecified atom stereocenters. The smallest absolute Gasteiger partial charge is 0.246 e. The first-order valence-electron chi connectivity index (χ1n) is 14.1. The van der Waals surface area contributed by atoms with Gasteiger partial charge in [-0.1, -0.05) is 80.2 Å². The number of unbranched alkanes of at least 4 members (excludes halogenated alkanes) is 4. The summed E-state index contributed by atoms with van der Waals surface area (Å²) in [5, 5.41) is 17.3. The second-order valence-corrected chi connectivity index (χ2v) is 13.3. The first-order chi connectivity index (χ1) is 19.0. The predicted octanol–water partition coefficient (Wildman–Crippen LogP) is 4.96. The van der Waals surface area contributed by atoms with Crippen LogP contribution in [0.25, 0.3) is 10.4 Å². The Morgan fingerprint density at radius 1 is 1.12 bits per heavy atom. The molecule has 3 amide bonds. The summed E-state index contributed by atoms with van der Waals surface area (Å²) >= 11 is 5.02. The van der Waals surface area contributed by atoms with Crippen LogP contribution in [0.5, 0.6) is 0 Å². The Kier molecular flexibility index (Phi) is 12.1. The number of carbonyl (C=O) groups is 3. The largest absolute Gasteiger partial charge is 0.391 e. The average molecular weight is 636 g/mol. The van der Waals surface area contributed by atoms with Gasteiger partial charge >= 0.3 is 0 Å². The molecule has 2 heterocycles. The maximum absolute atomic E-state index is 13.7. The van der Waals surface area contributed by atoms with Crippen molar-refractivity contribution >= 4 is 45.0 Å². The van der Waals surface area contributed by atoms with E-state index in [-0.39, 0.29) is 30.7 Å². The monoisotopic (exact) mass is 634 g/mol. The van der Waals surface area contributed by atoms with E-state index in [1.54, 1.807) is 11.3 Å². The number of amides is 3. The van der Waals surface area contributed by atoms with Crippen LogP contribution in [-0.2, 0) is 20.9 Å². The van der Waals surface area contributed by atoms with Crippen molar-refractivity contribution in [3.8, 4) is 10.4 Å². The molecule has 1 aromatic carbocycles. The van der Waals surface area contributed by atoms with Gasteiger partial charge in [0.15, 0.2) is 0 Å². The molecule has 0 aliphatic carbocycles. The Morgan fingerprint density at radius 3 is 2.42 bits per heavy atom. The molecule has 0 bridgehead atoms. The van der Waals surface area contributed by atoms with Gasteiger partial charge in [0.2, 0.25) is 17.7 Å². The summed E-state index contributed by atoms with van der Waals surface area (Å²) < 4.78 is 0. The molecule has 2 aromatic rings. The lowest BCUT2D eigenvalue weighted by Crippen LogP contribution is -2.57. The molecule has 8 nitrogen and oxygen atoms in total. The molecule has 220 valence electrons. The molecule has 1 fully saturated rings. The number of aryl methyl sites for hydroxylation is 1. The van der Waals surface area contributed by atoms with E-state index in [9.17, 15) is 19.5 Å². The number of hydrogen-bond donors (Lipinski definition) is 3. The van der Waals surface area contributed by atoms with Crippen LogP contribution >= 0.6 is 27.3 Å². The van der Waals surface area contributed by atoms with Crippen molar-refractivity contribution in [2.24, 2.45) is 5.41 Å². The Balaban J connectivity index is 1.59. The fraction of sp³-hybridized carbons (Fsp3) is 0.600. The van der Waals surface area contributed by atoms with E-state index in [4.69, 9.17) is 0 Å². The molecular weight excluding hydrogens is 592 g/mol. The van der Waals surface area contributed by atoms with E-state index >= 15 is 0 Å². The second-order valence-electron chi connectivity index (χ2n) is 11.7. The zero-order valence-electron chi connectivity index (χ0n) is 24.0. The van der Waals surface area contributed by atoms with E-state index in [0.29, 0.717) is 13.0 Å².